The molecule has 0 spiro atoms. The zero-order valence-corrected chi connectivity index (χ0v) is 17.2. The predicted molar refractivity (Wildman–Crippen MR) is 109 cm³/mol. The Morgan fingerprint density at radius 2 is 1.69 bits per heavy atom. The molecule has 1 saturated heterocycles. The Morgan fingerprint density at radius 3 is 2.31 bits per heavy atom. The van der Waals surface area contributed by atoms with E-state index in [1.807, 2.05) is 0 Å². The molecule has 2 rings (SSSR count). The molecule has 0 saturated carbocycles. The highest BCUT2D eigenvalue weighted by Gasteiger charge is 2.30. The van der Waals surface area contributed by atoms with Gasteiger partial charge in [-0.25, -0.2) is 0 Å². The summed E-state index contributed by atoms with van der Waals surface area (Å²) >= 11 is 0. The van der Waals surface area contributed by atoms with Gasteiger partial charge in [0.25, 0.3) is 0 Å². The Bertz CT molecular complexity index is 519. The summed E-state index contributed by atoms with van der Waals surface area (Å²) in [5.41, 5.74) is 1.37. The molecule has 1 aliphatic rings. The predicted octanol–water partition coefficient (Wildman–Crippen LogP) is 3.27. The second-order valence-electron chi connectivity index (χ2n) is 8.08. The third kappa shape index (κ3) is 6.73. The van der Waals surface area contributed by atoms with Gasteiger partial charge in [-0.05, 0) is 65.7 Å². The second kappa shape index (κ2) is 10.7. The Labute approximate surface area is 160 Å². The highest BCUT2D eigenvalue weighted by Crippen LogP contribution is 2.18. The molecule has 1 aliphatic heterocycles. The number of nitrogens with zero attached hydrogens (tertiary/aromatic N) is 3. The first-order chi connectivity index (χ1) is 12.5. The van der Waals surface area contributed by atoms with Crippen molar-refractivity contribution in [1.29, 1.82) is 0 Å². The number of unbranched alkanes of at least 4 members (excludes halogenated alkanes) is 1. The molecule has 1 aromatic carbocycles. The molecule has 0 radical (unpaired) electrons. The molecular weight excluding hydrogens is 322 g/mol. The van der Waals surface area contributed by atoms with Gasteiger partial charge in [-0.3, -0.25) is 9.69 Å². The smallest absolute Gasteiger partial charge is 0.222 e. The lowest BCUT2D eigenvalue weighted by molar-refractivity contribution is -0.135. The van der Waals surface area contributed by atoms with Crippen molar-refractivity contribution in [3.05, 3.63) is 35.9 Å². The van der Waals surface area contributed by atoms with Gasteiger partial charge in [-0.1, -0.05) is 30.3 Å². The van der Waals surface area contributed by atoms with Crippen molar-refractivity contribution in [1.82, 2.24) is 14.7 Å². The monoisotopic (exact) mass is 359 g/mol. The Balaban J connectivity index is 1.69. The highest BCUT2D eigenvalue weighted by molar-refractivity contribution is 5.76. The lowest BCUT2D eigenvalue weighted by Gasteiger charge is -2.44. The van der Waals surface area contributed by atoms with E-state index in [4.69, 9.17) is 0 Å². The Hall–Kier alpha value is -1.39. The van der Waals surface area contributed by atoms with E-state index in [-0.39, 0.29) is 0 Å². The maximum absolute atomic E-state index is 12.6. The number of piperazine rings is 1. The number of amides is 1. The summed E-state index contributed by atoms with van der Waals surface area (Å²) in [6.07, 6.45) is 5.02. The summed E-state index contributed by atoms with van der Waals surface area (Å²) in [6, 6.07) is 11.5. The Kier molecular flexibility index (Phi) is 8.60. The molecule has 146 valence electrons. The van der Waals surface area contributed by atoms with Crippen LogP contribution in [0, 0.1) is 0 Å². The molecule has 2 atom stereocenters. The molecule has 0 bridgehead atoms. The fourth-order valence-electron chi connectivity index (χ4n) is 3.98. The molecule has 4 heteroatoms. The maximum atomic E-state index is 12.6. The summed E-state index contributed by atoms with van der Waals surface area (Å²) in [5.74, 6) is 0.338. The third-order valence-corrected chi connectivity index (χ3v) is 5.42. The Morgan fingerprint density at radius 1 is 1.04 bits per heavy atom. The van der Waals surface area contributed by atoms with E-state index >= 15 is 0 Å². The summed E-state index contributed by atoms with van der Waals surface area (Å²) in [5, 5.41) is 0. The van der Waals surface area contributed by atoms with E-state index in [0.29, 0.717) is 24.4 Å². The molecule has 0 aliphatic carbocycles. The minimum atomic E-state index is 0.338. The van der Waals surface area contributed by atoms with Crippen molar-refractivity contribution in [2.75, 3.05) is 40.3 Å². The quantitative estimate of drug-likeness (QED) is 0.633. The van der Waals surface area contributed by atoms with Crippen LogP contribution in [0.25, 0.3) is 0 Å². The van der Waals surface area contributed by atoms with Gasteiger partial charge in [-0.2, -0.15) is 0 Å². The van der Waals surface area contributed by atoms with Crippen LogP contribution < -0.4 is 0 Å². The van der Waals surface area contributed by atoms with Crippen LogP contribution in [0.4, 0.5) is 0 Å². The van der Waals surface area contributed by atoms with Crippen LogP contribution >= 0.6 is 0 Å². The van der Waals surface area contributed by atoms with Crippen LogP contribution in [0.1, 0.15) is 45.1 Å². The van der Waals surface area contributed by atoms with E-state index in [9.17, 15) is 4.79 Å². The van der Waals surface area contributed by atoms with E-state index < -0.39 is 0 Å². The first-order valence-electron chi connectivity index (χ1n) is 10.2. The van der Waals surface area contributed by atoms with Crippen LogP contribution in [0.5, 0.6) is 0 Å². The van der Waals surface area contributed by atoms with Crippen molar-refractivity contribution >= 4 is 5.91 Å². The number of hydrogen-bond donors (Lipinski definition) is 0. The molecule has 26 heavy (non-hydrogen) atoms. The normalized spacial score (nSPS) is 21.3. The van der Waals surface area contributed by atoms with Gasteiger partial charge in [0.2, 0.25) is 5.91 Å². The van der Waals surface area contributed by atoms with Crippen LogP contribution in [0.15, 0.2) is 30.3 Å². The van der Waals surface area contributed by atoms with Crippen LogP contribution in [0.2, 0.25) is 0 Å². The largest absolute Gasteiger partial charge is 0.340 e. The van der Waals surface area contributed by atoms with Gasteiger partial charge in [0.1, 0.15) is 0 Å². The number of hydrogen-bond acceptors (Lipinski definition) is 3. The van der Waals surface area contributed by atoms with E-state index in [1.54, 1.807) is 0 Å². The van der Waals surface area contributed by atoms with Crippen molar-refractivity contribution < 1.29 is 4.79 Å². The topological polar surface area (TPSA) is 26.8 Å². The summed E-state index contributed by atoms with van der Waals surface area (Å²) in [4.78, 5) is 19.5. The van der Waals surface area contributed by atoms with Crippen molar-refractivity contribution in [3.8, 4) is 0 Å². The number of benzene rings is 1. The summed E-state index contributed by atoms with van der Waals surface area (Å²) in [7, 11) is 4.25. The number of rotatable bonds is 9. The van der Waals surface area contributed by atoms with E-state index in [0.717, 1.165) is 45.4 Å². The van der Waals surface area contributed by atoms with Crippen LogP contribution in [-0.2, 0) is 11.2 Å². The summed E-state index contributed by atoms with van der Waals surface area (Å²) in [6.45, 7) is 8.54. The fourth-order valence-corrected chi connectivity index (χ4v) is 3.98. The van der Waals surface area contributed by atoms with Gasteiger partial charge < -0.3 is 9.80 Å². The van der Waals surface area contributed by atoms with Gasteiger partial charge in [0.05, 0.1) is 0 Å². The first kappa shape index (κ1) is 20.9. The molecule has 1 fully saturated rings. The number of carbonyl (C=O) groups is 1. The number of aryl methyl sites for hydroxylation is 1. The highest BCUT2D eigenvalue weighted by atomic mass is 16.2. The van der Waals surface area contributed by atoms with Crippen molar-refractivity contribution in [2.45, 2.75) is 58.0 Å². The zero-order valence-electron chi connectivity index (χ0n) is 17.2. The molecule has 0 N–H and O–H groups in total. The van der Waals surface area contributed by atoms with Crippen LogP contribution in [0.3, 0.4) is 0 Å². The van der Waals surface area contributed by atoms with Gasteiger partial charge in [0, 0.05) is 38.1 Å². The number of carbonyl (C=O) groups excluding carboxylic acids is 1. The fraction of sp³-hybridized carbons (Fsp3) is 0.682. The lowest BCUT2D eigenvalue weighted by Crippen LogP contribution is -2.58. The third-order valence-electron chi connectivity index (χ3n) is 5.42. The van der Waals surface area contributed by atoms with Gasteiger partial charge in [0.15, 0.2) is 0 Å². The van der Waals surface area contributed by atoms with Gasteiger partial charge >= 0.3 is 0 Å². The molecule has 2 unspecified atom stereocenters. The SMILES string of the molecule is CC1CN(C(=O)CCCCc2ccccc2)CC(C)N1CCCN(C)C. The maximum Gasteiger partial charge on any atom is 0.222 e. The lowest BCUT2D eigenvalue weighted by atomic mass is 10.0. The molecule has 4 nitrogen and oxygen atoms in total. The zero-order chi connectivity index (χ0) is 18.9. The average Bonchev–Trinajstić information content (AvgIpc) is 2.61. The summed E-state index contributed by atoms with van der Waals surface area (Å²) < 4.78 is 0. The minimum absolute atomic E-state index is 0.338. The van der Waals surface area contributed by atoms with Crippen molar-refractivity contribution in [2.24, 2.45) is 0 Å². The molecule has 1 amide bonds. The van der Waals surface area contributed by atoms with Crippen molar-refractivity contribution in [3.63, 3.8) is 0 Å². The molecule has 1 heterocycles. The first-order valence-corrected chi connectivity index (χ1v) is 10.2. The van der Waals surface area contributed by atoms with E-state index in [2.05, 4.69) is 73.0 Å². The molecule has 0 aromatic heterocycles. The van der Waals surface area contributed by atoms with E-state index in [1.165, 1.54) is 12.0 Å². The van der Waals surface area contributed by atoms with Crippen LogP contribution in [-0.4, -0.2) is 73.0 Å². The van der Waals surface area contributed by atoms with Gasteiger partial charge in [-0.15, -0.1) is 0 Å². The average molecular weight is 360 g/mol. The minimum Gasteiger partial charge on any atom is -0.340 e. The standard InChI is InChI=1S/C22H37N3O/c1-19-17-24(18-20(2)25(19)16-10-15-23(3)4)22(26)14-9-8-13-21-11-6-5-7-12-21/h5-7,11-12,19-20H,8-10,13-18H2,1-4H3. The molecular formula is C22H37N3O. The molecule has 1 aromatic rings. The second-order valence-corrected chi connectivity index (χ2v) is 8.08.